The SMILES string of the molecule is Cc1cccc(NC(=O)CN(Cc2ccc3c(c2)OCO3)C2CCCC2)c1C. The van der Waals surface area contributed by atoms with Gasteiger partial charge < -0.3 is 14.8 Å². The number of ether oxygens (including phenoxy) is 2. The molecule has 1 N–H and O–H groups in total. The summed E-state index contributed by atoms with van der Waals surface area (Å²) in [6, 6.07) is 12.5. The van der Waals surface area contributed by atoms with E-state index in [0.29, 0.717) is 12.6 Å². The summed E-state index contributed by atoms with van der Waals surface area (Å²) in [5, 5.41) is 3.11. The highest BCUT2D eigenvalue weighted by molar-refractivity contribution is 5.93. The quantitative estimate of drug-likeness (QED) is 0.806. The third-order valence-electron chi connectivity index (χ3n) is 5.89. The van der Waals surface area contributed by atoms with Crippen LogP contribution in [0.2, 0.25) is 0 Å². The molecule has 2 aromatic rings. The number of hydrogen-bond donors (Lipinski definition) is 1. The molecule has 28 heavy (non-hydrogen) atoms. The van der Waals surface area contributed by atoms with Crippen LogP contribution in [0.15, 0.2) is 36.4 Å². The summed E-state index contributed by atoms with van der Waals surface area (Å²) >= 11 is 0. The van der Waals surface area contributed by atoms with Gasteiger partial charge in [0, 0.05) is 18.3 Å². The summed E-state index contributed by atoms with van der Waals surface area (Å²) in [7, 11) is 0. The summed E-state index contributed by atoms with van der Waals surface area (Å²) in [5.74, 6) is 1.63. The Morgan fingerprint density at radius 3 is 2.71 bits per heavy atom. The van der Waals surface area contributed by atoms with Crippen molar-refractivity contribution in [3.05, 3.63) is 53.1 Å². The minimum atomic E-state index is 0.0429. The lowest BCUT2D eigenvalue weighted by molar-refractivity contribution is -0.118. The van der Waals surface area contributed by atoms with E-state index in [9.17, 15) is 4.79 Å². The fourth-order valence-electron chi connectivity index (χ4n) is 4.12. The van der Waals surface area contributed by atoms with E-state index >= 15 is 0 Å². The fraction of sp³-hybridized carbons (Fsp3) is 0.435. The second-order valence-corrected chi connectivity index (χ2v) is 7.83. The topological polar surface area (TPSA) is 50.8 Å². The van der Waals surface area contributed by atoms with E-state index in [2.05, 4.69) is 29.3 Å². The molecule has 0 radical (unpaired) electrons. The first kappa shape index (κ1) is 18.8. The number of hydrogen-bond acceptors (Lipinski definition) is 4. The molecule has 1 fully saturated rings. The van der Waals surface area contributed by atoms with Gasteiger partial charge >= 0.3 is 0 Å². The molecule has 148 valence electrons. The van der Waals surface area contributed by atoms with Crippen molar-refractivity contribution in [2.75, 3.05) is 18.7 Å². The number of benzene rings is 2. The molecule has 4 rings (SSSR count). The second kappa shape index (κ2) is 8.23. The monoisotopic (exact) mass is 380 g/mol. The number of nitrogens with one attached hydrogen (secondary N) is 1. The lowest BCUT2D eigenvalue weighted by atomic mass is 10.1. The summed E-state index contributed by atoms with van der Waals surface area (Å²) in [4.78, 5) is 15.1. The van der Waals surface area contributed by atoms with Gasteiger partial charge in [0.1, 0.15) is 0 Å². The molecule has 0 bridgehead atoms. The van der Waals surface area contributed by atoms with Gasteiger partial charge in [-0.1, -0.05) is 31.0 Å². The van der Waals surface area contributed by atoms with Gasteiger partial charge in [-0.3, -0.25) is 9.69 Å². The zero-order chi connectivity index (χ0) is 19.5. The van der Waals surface area contributed by atoms with Crippen LogP contribution in [0.4, 0.5) is 5.69 Å². The molecular weight excluding hydrogens is 352 g/mol. The molecule has 1 aliphatic carbocycles. The van der Waals surface area contributed by atoms with Gasteiger partial charge in [-0.15, -0.1) is 0 Å². The molecule has 2 aliphatic rings. The van der Waals surface area contributed by atoms with Crippen LogP contribution in [-0.4, -0.2) is 30.2 Å². The lowest BCUT2D eigenvalue weighted by Gasteiger charge is -2.28. The minimum absolute atomic E-state index is 0.0429. The van der Waals surface area contributed by atoms with Gasteiger partial charge in [0.05, 0.1) is 6.54 Å². The fourth-order valence-corrected chi connectivity index (χ4v) is 4.12. The predicted molar refractivity (Wildman–Crippen MR) is 110 cm³/mol. The molecule has 2 aromatic carbocycles. The van der Waals surface area contributed by atoms with E-state index in [1.54, 1.807) is 0 Å². The van der Waals surface area contributed by atoms with Gasteiger partial charge in [0.15, 0.2) is 11.5 Å². The van der Waals surface area contributed by atoms with E-state index < -0.39 is 0 Å². The van der Waals surface area contributed by atoms with Crippen LogP contribution in [0, 0.1) is 13.8 Å². The van der Waals surface area contributed by atoms with Crippen molar-refractivity contribution in [1.82, 2.24) is 4.90 Å². The van der Waals surface area contributed by atoms with Crippen molar-refractivity contribution in [2.24, 2.45) is 0 Å². The first-order valence-electron chi connectivity index (χ1n) is 10.1. The van der Waals surface area contributed by atoms with Crippen molar-refractivity contribution < 1.29 is 14.3 Å². The Balaban J connectivity index is 1.46. The number of fused-ring (bicyclic) bond motifs is 1. The first-order valence-corrected chi connectivity index (χ1v) is 10.1. The molecule has 1 amide bonds. The van der Waals surface area contributed by atoms with Gasteiger partial charge in [0.2, 0.25) is 12.7 Å². The third-order valence-corrected chi connectivity index (χ3v) is 5.89. The average molecular weight is 380 g/mol. The van der Waals surface area contributed by atoms with Crippen molar-refractivity contribution in [1.29, 1.82) is 0 Å². The Kier molecular flexibility index (Phi) is 5.53. The summed E-state index contributed by atoms with van der Waals surface area (Å²) in [5.41, 5.74) is 4.36. The van der Waals surface area contributed by atoms with Crippen LogP contribution in [-0.2, 0) is 11.3 Å². The molecule has 0 spiro atoms. The van der Waals surface area contributed by atoms with Crippen LogP contribution in [0.25, 0.3) is 0 Å². The maximum absolute atomic E-state index is 12.8. The number of carbonyl (C=O) groups excluding carboxylic acids is 1. The highest BCUT2D eigenvalue weighted by Gasteiger charge is 2.25. The van der Waals surface area contributed by atoms with Gasteiger partial charge in [-0.2, -0.15) is 0 Å². The molecular formula is C23H28N2O3. The number of amides is 1. The molecule has 1 saturated carbocycles. The van der Waals surface area contributed by atoms with E-state index in [0.717, 1.165) is 47.7 Å². The van der Waals surface area contributed by atoms with Crippen LogP contribution < -0.4 is 14.8 Å². The Labute approximate surface area is 166 Å². The number of nitrogens with zero attached hydrogens (tertiary/aromatic N) is 1. The molecule has 0 aromatic heterocycles. The number of rotatable bonds is 6. The van der Waals surface area contributed by atoms with Crippen LogP contribution in [0.1, 0.15) is 42.4 Å². The Morgan fingerprint density at radius 1 is 1.11 bits per heavy atom. The largest absolute Gasteiger partial charge is 0.454 e. The minimum Gasteiger partial charge on any atom is -0.454 e. The molecule has 0 unspecified atom stereocenters. The molecule has 1 aliphatic heterocycles. The predicted octanol–water partition coefficient (Wildman–Crippen LogP) is 4.42. The van der Waals surface area contributed by atoms with Crippen molar-refractivity contribution in [3.63, 3.8) is 0 Å². The van der Waals surface area contributed by atoms with Crippen molar-refractivity contribution in [2.45, 2.75) is 52.1 Å². The highest BCUT2D eigenvalue weighted by atomic mass is 16.7. The zero-order valence-electron chi connectivity index (χ0n) is 16.7. The van der Waals surface area contributed by atoms with E-state index in [1.807, 2.05) is 31.2 Å². The maximum atomic E-state index is 12.8. The second-order valence-electron chi connectivity index (χ2n) is 7.83. The van der Waals surface area contributed by atoms with E-state index in [4.69, 9.17) is 9.47 Å². The molecule has 1 heterocycles. The number of aryl methyl sites for hydroxylation is 1. The van der Waals surface area contributed by atoms with Crippen molar-refractivity contribution >= 4 is 11.6 Å². The summed E-state index contributed by atoms with van der Waals surface area (Å²) in [6.45, 7) is 5.53. The van der Waals surface area contributed by atoms with Crippen LogP contribution >= 0.6 is 0 Å². The normalized spacial score (nSPS) is 16.0. The molecule has 0 atom stereocenters. The Hall–Kier alpha value is -2.53. The highest BCUT2D eigenvalue weighted by Crippen LogP contribution is 2.33. The summed E-state index contributed by atoms with van der Waals surface area (Å²) < 4.78 is 10.9. The molecule has 0 saturated heterocycles. The van der Waals surface area contributed by atoms with Gasteiger partial charge in [-0.25, -0.2) is 0 Å². The number of carbonyl (C=O) groups is 1. The molecule has 5 nitrogen and oxygen atoms in total. The summed E-state index contributed by atoms with van der Waals surface area (Å²) in [6.07, 6.45) is 4.78. The van der Waals surface area contributed by atoms with Gasteiger partial charge in [0.25, 0.3) is 0 Å². The molecule has 5 heteroatoms. The smallest absolute Gasteiger partial charge is 0.238 e. The maximum Gasteiger partial charge on any atom is 0.238 e. The third kappa shape index (κ3) is 4.14. The van der Waals surface area contributed by atoms with E-state index in [1.165, 1.54) is 18.4 Å². The lowest BCUT2D eigenvalue weighted by Crippen LogP contribution is -2.39. The Bertz CT molecular complexity index is 859. The average Bonchev–Trinajstić information content (AvgIpc) is 3.36. The standard InChI is InChI=1S/C23H28N2O3/c1-16-6-5-9-20(17(16)2)24-23(26)14-25(19-7-3-4-8-19)13-18-10-11-21-22(12-18)28-15-27-21/h5-6,9-12,19H,3-4,7-8,13-15H2,1-2H3,(H,24,26). The first-order chi connectivity index (χ1) is 13.6. The zero-order valence-corrected chi connectivity index (χ0v) is 16.7. The number of anilines is 1. The van der Waals surface area contributed by atoms with Crippen LogP contribution in [0.5, 0.6) is 11.5 Å². The Morgan fingerprint density at radius 2 is 1.89 bits per heavy atom. The van der Waals surface area contributed by atoms with E-state index in [-0.39, 0.29) is 12.7 Å². The van der Waals surface area contributed by atoms with Crippen LogP contribution in [0.3, 0.4) is 0 Å². The van der Waals surface area contributed by atoms with Crippen molar-refractivity contribution in [3.8, 4) is 11.5 Å². The van der Waals surface area contributed by atoms with Gasteiger partial charge in [-0.05, 0) is 61.6 Å².